The zero-order chi connectivity index (χ0) is 9.45. The molecule has 5 aliphatic carbocycles. The number of hydrogen-bond acceptors (Lipinski definition) is 2. The standard InChI is InChI=1S/C10H13N3O/c11-10(14)13-12-6-2-4-3-1-5-7(4)9(5)8(3)6/h3-5,7-9H,1-2H2,(H3,11,13,14)/b12-6+/t3-,4+,5+,7-,8-,9-/m1/s1. The topological polar surface area (TPSA) is 67.5 Å². The molecule has 5 rings (SSSR count). The Hall–Kier alpha value is -1.06. The smallest absolute Gasteiger partial charge is 0.332 e. The van der Waals surface area contributed by atoms with Gasteiger partial charge in [-0.1, -0.05) is 0 Å². The minimum atomic E-state index is -0.542. The van der Waals surface area contributed by atoms with Crippen LogP contribution in [-0.2, 0) is 0 Å². The Labute approximate surface area is 81.9 Å². The van der Waals surface area contributed by atoms with Gasteiger partial charge in [0.1, 0.15) is 0 Å². The fraction of sp³-hybridized carbons (Fsp3) is 0.800. The van der Waals surface area contributed by atoms with Crippen LogP contribution in [0.25, 0.3) is 0 Å². The fourth-order valence-electron chi connectivity index (χ4n) is 4.71. The zero-order valence-electron chi connectivity index (χ0n) is 7.81. The molecule has 2 amide bonds. The van der Waals surface area contributed by atoms with Crippen LogP contribution in [0.3, 0.4) is 0 Å². The fourth-order valence-corrected chi connectivity index (χ4v) is 4.71. The number of hydrogen-bond donors (Lipinski definition) is 2. The van der Waals surface area contributed by atoms with Gasteiger partial charge in [-0.25, -0.2) is 10.2 Å². The Bertz CT molecular complexity index is 364. The van der Waals surface area contributed by atoms with E-state index in [0.29, 0.717) is 5.92 Å². The molecule has 5 saturated carbocycles. The highest BCUT2D eigenvalue weighted by Gasteiger charge is 2.77. The van der Waals surface area contributed by atoms with Gasteiger partial charge < -0.3 is 5.73 Å². The molecule has 0 radical (unpaired) electrons. The quantitative estimate of drug-likeness (QED) is 0.584. The Morgan fingerprint density at radius 1 is 1.36 bits per heavy atom. The molecule has 0 aromatic heterocycles. The van der Waals surface area contributed by atoms with Gasteiger partial charge in [-0.15, -0.1) is 0 Å². The number of carbonyl (C=O) groups excluding carboxylic acids is 1. The SMILES string of the molecule is NC(=O)N/N=C1\C[C@H]2[C@H]3C[C@H]4[C@@H]2[C@@H]4[C@@H]13. The number of nitrogens with zero attached hydrogens (tertiary/aromatic N) is 1. The first-order valence-corrected chi connectivity index (χ1v) is 5.39. The maximum absolute atomic E-state index is 10.6. The first-order valence-electron chi connectivity index (χ1n) is 5.39. The molecular formula is C10H13N3O. The van der Waals surface area contributed by atoms with Crippen molar-refractivity contribution in [3.05, 3.63) is 0 Å². The number of primary amides is 1. The van der Waals surface area contributed by atoms with E-state index in [4.69, 9.17) is 5.73 Å². The van der Waals surface area contributed by atoms with Crippen LogP contribution >= 0.6 is 0 Å². The van der Waals surface area contributed by atoms with E-state index in [1.165, 1.54) is 12.1 Å². The van der Waals surface area contributed by atoms with Gasteiger partial charge in [-0.2, -0.15) is 5.10 Å². The molecule has 0 spiro atoms. The molecule has 0 saturated heterocycles. The molecule has 3 N–H and O–H groups in total. The van der Waals surface area contributed by atoms with Crippen molar-refractivity contribution in [2.75, 3.05) is 0 Å². The van der Waals surface area contributed by atoms with E-state index < -0.39 is 6.03 Å². The molecule has 74 valence electrons. The van der Waals surface area contributed by atoms with Crippen LogP contribution in [0.2, 0.25) is 0 Å². The lowest BCUT2D eigenvalue weighted by Gasteiger charge is -2.10. The van der Waals surface area contributed by atoms with Crippen molar-refractivity contribution < 1.29 is 4.79 Å². The number of rotatable bonds is 1. The minimum absolute atomic E-state index is 0.542. The van der Waals surface area contributed by atoms with E-state index in [1.807, 2.05) is 0 Å². The second-order valence-electron chi connectivity index (χ2n) is 5.19. The molecule has 14 heavy (non-hydrogen) atoms. The lowest BCUT2D eigenvalue weighted by molar-refractivity contribution is 0.249. The van der Waals surface area contributed by atoms with Gasteiger partial charge in [0, 0.05) is 11.6 Å². The average molecular weight is 191 g/mol. The molecule has 0 aromatic carbocycles. The van der Waals surface area contributed by atoms with Crippen molar-refractivity contribution in [3.8, 4) is 0 Å². The van der Waals surface area contributed by atoms with Crippen LogP contribution in [0, 0.1) is 35.5 Å². The van der Waals surface area contributed by atoms with Crippen molar-refractivity contribution in [1.82, 2.24) is 5.43 Å². The van der Waals surface area contributed by atoms with E-state index in [2.05, 4.69) is 10.5 Å². The summed E-state index contributed by atoms with van der Waals surface area (Å²) in [5, 5.41) is 4.15. The molecule has 5 aliphatic rings. The first kappa shape index (κ1) is 7.26. The largest absolute Gasteiger partial charge is 0.350 e. The summed E-state index contributed by atoms with van der Waals surface area (Å²) in [6.07, 6.45) is 2.55. The van der Waals surface area contributed by atoms with Gasteiger partial charge in [-0.05, 0) is 42.4 Å². The lowest BCUT2D eigenvalue weighted by Crippen LogP contribution is -2.27. The highest BCUT2D eigenvalue weighted by Crippen LogP contribution is 2.80. The molecule has 5 fully saturated rings. The van der Waals surface area contributed by atoms with Crippen LogP contribution < -0.4 is 11.2 Å². The van der Waals surface area contributed by atoms with E-state index in [0.717, 1.165) is 36.0 Å². The summed E-state index contributed by atoms with van der Waals surface area (Å²) < 4.78 is 0. The van der Waals surface area contributed by atoms with Crippen molar-refractivity contribution in [3.63, 3.8) is 0 Å². The van der Waals surface area contributed by atoms with Crippen molar-refractivity contribution in [1.29, 1.82) is 0 Å². The second-order valence-corrected chi connectivity index (χ2v) is 5.19. The van der Waals surface area contributed by atoms with Gasteiger partial charge in [0.05, 0.1) is 0 Å². The Balaban J connectivity index is 1.62. The van der Waals surface area contributed by atoms with E-state index in [-0.39, 0.29) is 0 Å². The second kappa shape index (κ2) is 1.97. The Morgan fingerprint density at radius 3 is 2.79 bits per heavy atom. The summed E-state index contributed by atoms with van der Waals surface area (Å²) in [5.74, 6) is 5.52. The maximum atomic E-state index is 10.6. The number of urea groups is 1. The normalized spacial score (nSPS) is 58.1. The molecular weight excluding hydrogens is 178 g/mol. The number of nitrogens with two attached hydrogens (primary N) is 1. The summed E-state index contributed by atoms with van der Waals surface area (Å²) in [6, 6.07) is -0.542. The van der Waals surface area contributed by atoms with Gasteiger partial charge in [-0.3, -0.25) is 0 Å². The third-order valence-electron chi connectivity index (χ3n) is 4.90. The Kier molecular flexibility index (Phi) is 1.02. The van der Waals surface area contributed by atoms with E-state index >= 15 is 0 Å². The summed E-state index contributed by atoms with van der Waals surface area (Å²) in [4.78, 5) is 10.6. The van der Waals surface area contributed by atoms with Crippen LogP contribution in [0.15, 0.2) is 5.10 Å². The average Bonchev–Trinajstić information content (AvgIpc) is 2.57. The summed E-state index contributed by atoms with van der Waals surface area (Å²) in [5.41, 5.74) is 8.60. The van der Waals surface area contributed by atoms with Gasteiger partial charge in [0.15, 0.2) is 0 Å². The minimum Gasteiger partial charge on any atom is -0.350 e. The van der Waals surface area contributed by atoms with Crippen molar-refractivity contribution in [2.24, 2.45) is 46.3 Å². The number of nitrogens with one attached hydrogen (secondary N) is 1. The van der Waals surface area contributed by atoms with Gasteiger partial charge in [0.2, 0.25) is 0 Å². The molecule has 0 heterocycles. The molecule has 0 unspecified atom stereocenters. The molecule has 6 bridgehead atoms. The number of amides is 2. The summed E-state index contributed by atoms with van der Waals surface area (Å²) in [6.45, 7) is 0. The first-order chi connectivity index (χ1) is 6.77. The number of hydrazone groups is 1. The van der Waals surface area contributed by atoms with Crippen LogP contribution in [-0.4, -0.2) is 11.7 Å². The Morgan fingerprint density at radius 2 is 2.21 bits per heavy atom. The van der Waals surface area contributed by atoms with E-state index in [9.17, 15) is 4.79 Å². The lowest BCUT2D eigenvalue weighted by atomic mass is 9.98. The highest BCUT2D eigenvalue weighted by atomic mass is 16.2. The third kappa shape index (κ3) is 0.615. The molecule has 6 atom stereocenters. The van der Waals surface area contributed by atoms with Crippen LogP contribution in [0.5, 0.6) is 0 Å². The van der Waals surface area contributed by atoms with Crippen molar-refractivity contribution in [2.45, 2.75) is 12.8 Å². The van der Waals surface area contributed by atoms with Crippen molar-refractivity contribution >= 4 is 11.7 Å². The molecule has 4 heteroatoms. The number of carbonyl (C=O) groups is 1. The summed E-state index contributed by atoms with van der Waals surface area (Å²) in [7, 11) is 0. The van der Waals surface area contributed by atoms with Gasteiger partial charge in [0.25, 0.3) is 0 Å². The molecule has 4 nitrogen and oxygen atoms in total. The van der Waals surface area contributed by atoms with E-state index in [1.54, 1.807) is 0 Å². The highest BCUT2D eigenvalue weighted by molar-refractivity contribution is 5.93. The third-order valence-corrected chi connectivity index (χ3v) is 4.90. The maximum Gasteiger partial charge on any atom is 0.332 e. The summed E-state index contributed by atoms with van der Waals surface area (Å²) >= 11 is 0. The van der Waals surface area contributed by atoms with Crippen LogP contribution in [0.4, 0.5) is 4.79 Å². The van der Waals surface area contributed by atoms with Crippen LogP contribution in [0.1, 0.15) is 12.8 Å². The zero-order valence-corrected chi connectivity index (χ0v) is 7.81. The molecule has 0 aliphatic heterocycles. The monoisotopic (exact) mass is 191 g/mol. The van der Waals surface area contributed by atoms with Gasteiger partial charge >= 0.3 is 6.03 Å². The predicted octanol–water partition coefficient (Wildman–Crippen LogP) is 0.542. The molecule has 0 aromatic rings. The predicted molar refractivity (Wildman–Crippen MR) is 50.3 cm³/mol.